The molecule has 6 heterocycles. The van der Waals surface area contributed by atoms with Crippen LogP contribution in [0.1, 0.15) is 82.0 Å². The van der Waals surface area contributed by atoms with E-state index in [1.54, 1.807) is 34.9 Å². The molecule has 0 unspecified atom stereocenters. The van der Waals surface area contributed by atoms with E-state index < -0.39 is 5.69 Å². The van der Waals surface area contributed by atoms with Crippen LogP contribution in [0.25, 0.3) is 50.1 Å². The molecular weight excluding hydrogens is 857 g/mol. The number of nitrogen functional groups attached to an aromatic ring is 1. The SMILES string of the molecule is COc1ccc(-c2cc3c(C)nc(N)nc3n(C3CCC(OCCOC(=O)N4CCC(CCn5ccc6cc(-n7c(-c8cc(C(C)C)c(O)cc8O)n[nH]c7=O)ccc65)CC4)CC3)c2=O)cn1. The van der Waals surface area contributed by atoms with E-state index in [4.69, 9.17) is 19.9 Å². The van der Waals surface area contributed by atoms with E-state index in [-0.39, 0.29) is 66.2 Å². The molecule has 7 aromatic rings. The fraction of sp³-hybridized carbons (Fsp3) is 0.408. The first-order valence-corrected chi connectivity index (χ1v) is 22.9. The Labute approximate surface area is 386 Å². The van der Waals surface area contributed by atoms with Gasteiger partial charge >= 0.3 is 11.8 Å². The quantitative estimate of drug-likeness (QED) is 0.0839. The van der Waals surface area contributed by atoms with Crippen molar-refractivity contribution in [3.63, 3.8) is 0 Å². The lowest BCUT2D eigenvalue weighted by molar-refractivity contribution is -0.00822. The van der Waals surface area contributed by atoms with Gasteiger partial charge in [-0.3, -0.25) is 9.36 Å². The minimum absolute atomic E-state index is 0.0109. The number of aryl methyl sites for hydroxylation is 2. The van der Waals surface area contributed by atoms with Gasteiger partial charge in [0.1, 0.15) is 23.8 Å². The number of phenolic OH excluding ortho intramolecular Hbond substituents is 2. The zero-order valence-corrected chi connectivity index (χ0v) is 38.1. The number of hydrogen-bond acceptors (Lipinski definition) is 13. The highest BCUT2D eigenvalue weighted by Crippen LogP contribution is 2.38. The summed E-state index contributed by atoms with van der Waals surface area (Å²) >= 11 is 0. The second kappa shape index (κ2) is 18.9. The van der Waals surface area contributed by atoms with Crippen molar-refractivity contribution in [2.75, 3.05) is 39.1 Å². The Morgan fingerprint density at radius 1 is 0.925 bits per heavy atom. The maximum atomic E-state index is 14.1. The van der Waals surface area contributed by atoms with Gasteiger partial charge in [-0.1, -0.05) is 13.8 Å². The molecule has 0 atom stereocenters. The Morgan fingerprint density at radius 2 is 1.72 bits per heavy atom. The normalized spacial score (nSPS) is 16.9. The number of hydrogen-bond donors (Lipinski definition) is 4. The van der Waals surface area contributed by atoms with Crippen LogP contribution in [0.3, 0.4) is 0 Å². The van der Waals surface area contributed by atoms with Crippen LogP contribution < -0.4 is 21.7 Å². The molecule has 0 bridgehead atoms. The van der Waals surface area contributed by atoms with Gasteiger partial charge in [-0.25, -0.2) is 29.2 Å². The minimum atomic E-state index is -0.443. The number of nitrogens with two attached hydrogens (primary N) is 1. The van der Waals surface area contributed by atoms with E-state index in [9.17, 15) is 24.6 Å². The van der Waals surface area contributed by atoms with Crippen LogP contribution in [0.2, 0.25) is 0 Å². The van der Waals surface area contributed by atoms with Crippen LogP contribution >= 0.6 is 0 Å². The van der Waals surface area contributed by atoms with E-state index >= 15 is 0 Å². The number of piperidine rings is 1. The smallest absolute Gasteiger partial charge is 0.409 e. The third-order valence-corrected chi connectivity index (χ3v) is 13.4. The molecule has 1 aliphatic carbocycles. The molecule has 5 N–H and O–H groups in total. The third kappa shape index (κ3) is 9.17. The molecular formula is C49H56N10O8. The number of nitrogens with one attached hydrogen (secondary N) is 1. The zero-order chi connectivity index (χ0) is 46.9. The Bertz CT molecular complexity index is 3050. The van der Waals surface area contributed by atoms with Crippen molar-refractivity contribution in [3.8, 4) is 45.6 Å². The number of aromatic nitrogens is 8. The molecule has 350 valence electrons. The van der Waals surface area contributed by atoms with Crippen LogP contribution in [0.15, 0.2) is 76.6 Å². The highest BCUT2D eigenvalue weighted by atomic mass is 16.6. The number of phenols is 2. The molecule has 0 spiro atoms. The van der Waals surface area contributed by atoms with E-state index in [1.807, 2.05) is 63.4 Å². The van der Waals surface area contributed by atoms with Gasteiger partial charge in [0.05, 0.1) is 36.8 Å². The maximum absolute atomic E-state index is 14.1. The zero-order valence-electron chi connectivity index (χ0n) is 38.1. The van der Waals surface area contributed by atoms with Crippen molar-refractivity contribution >= 4 is 34.0 Å². The van der Waals surface area contributed by atoms with Gasteiger partial charge in [0.25, 0.3) is 5.56 Å². The third-order valence-electron chi connectivity index (χ3n) is 13.4. The van der Waals surface area contributed by atoms with Crippen molar-refractivity contribution in [3.05, 3.63) is 99.1 Å². The molecule has 2 aliphatic rings. The molecule has 5 aromatic heterocycles. The van der Waals surface area contributed by atoms with E-state index in [2.05, 4.69) is 29.7 Å². The summed E-state index contributed by atoms with van der Waals surface area (Å²) in [6.07, 6.45) is 8.90. The van der Waals surface area contributed by atoms with Crippen LogP contribution in [-0.2, 0) is 16.0 Å². The van der Waals surface area contributed by atoms with Gasteiger partial charge in [-0.2, -0.15) is 10.1 Å². The van der Waals surface area contributed by atoms with Crippen LogP contribution in [0.4, 0.5) is 10.7 Å². The highest BCUT2D eigenvalue weighted by molar-refractivity contribution is 5.84. The number of fused-ring (bicyclic) bond motifs is 2. The van der Waals surface area contributed by atoms with Gasteiger partial charge in [-0.15, -0.1) is 0 Å². The summed E-state index contributed by atoms with van der Waals surface area (Å²) < 4.78 is 22.4. The summed E-state index contributed by atoms with van der Waals surface area (Å²) in [5.41, 5.74) is 10.4. The van der Waals surface area contributed by atoms with E-state index in [0.717, 1.165) is 54.9 Å². The summed E-state index contributed by atoms with van der Waals surface area (Å²) in [6, 6.07) is 16.0. The largest absolute Gasteiger partial charge is 0.508 e. The molecule has 2 fully saturated rings. The predicted molar refractivity (Wildman–Crippen MR) is 253 cm³/mol. The average molecular weight is 913 g/mol. The Morgan fingerprint density at radius 3 is 2.45 bits per heavy atom. The number of amides is 1. The summed E-state index contributed by atoms with van der Waals surface area (Å²) in [4.78, 5) is 55.1. The maximum Gasteiger partial charge on any atom is 0.409 e. The summed E-state index contributed by atoms with van der Waals surface area (Å²) in [7, 11) is 1.55. The number of aromatic amines is 1. The van der Waals surface area contributed by atoms with E-state index in [1.165, 1.54) is 10.6 Å². The van der Waals surface area contributed by atoms with Crippen LogP contribution in [-0.4, -0.2) is 99.6 Å². The van der Waals surface area contributed by atoms with Crippen molar-refractivity contribution in [1.29, 1.82) is 0 Å². The molecule has 2 aromatic carbocycles. The molecule has 67 heavy (non-hydrogen) atoms. The first-order chi connectivity index (χ1) is 32.4. The van der Waals surface area contributed by atoms with Crippen LogP contribution in [0, 0.1) is 12.8 Å². The predicted octanol–water partition coefficient (Wildman–Crippen LogP) is 7.22. The van der Waals surface area contributed by atoms with Gasteiger partial charge in [-0.05, 0) is 112 Å². The lowest BCUT2D eigenvalue weighted by Crippen LogP contribution is -2.39. The first-order valence-electron chi connectivity index (χ1n) is 22.9. The number of nitrogens with zero attached hydrogens (tertiary/aromatic N) is 8. The van der Waals surface area contributed by atoms with E-state index in [0.29, 0.717) is 77.0 Å². The van der Waals surface area contributed by atoms with Crippen molar-refractivity contribution in [1.82, 2.24) is 43.8 Å². The Hall–Kier alpha value is -7.21. The number of likely N-dealkylation sites (tertiary alicyclic amines) is 1. The molecule has 18 heteroatoms. The number of aromatic hydroxyl groups is 2. The first kappa shape index (κ1) is 45.0. The standard InChI is InChI=1S/C49H56N10O8/c1-28(2)36-24-39(42(61)26-41(36)60)45-54-55-48(63)59(45)34-8-11-40-31(23-34)16-20-56(40)17-13-30-14-18-57(19-15-30)49(64)67-22-21-66-35-9-6-33(7-10-35)58-44-37(29(3)52-47(50)53-44)25-38(46(58)62)32-5-12-43(65-4)51-27-32/h5,8,11-12,16,20,23-28,30,33,35,60-61H,6-7,9-10,13-15,17-19,21-22H2,1-4H3,(H,55,63)(H2,50,52,53). The molecule has 0 radical (unpaired) electrons. The molecule has 1 amide bonds. The fourth-order valence-electron chi connectivity index (χ4n) is 9.68. The second-order valence-electron chi connectivity index (χ2n) is 17.9. The molecule has 1 saturated heterocycles. The molecule has 9 rings (SSSR count). The average Bonchev–Trinajstić information content (AvgIpc) is 3.92. The number of methoxy groups -OCH3 is 1. The number of anilines is 1. The lowest BCUT2D eigenvalue weighted by atomic mass is 9.92. The van der Waals surface area contributed by atoms with Crippen LogP contribution in [0.5, 0.6) is 17.4 Å². The number of H-pyrrole nitrogens is 1. The topological polar surface area (TPSA) is 231 Å². The number of carbonyl (C=O) groups excluding carboxylic acids is 1. The van der Waals surface area contributed by atoms with Gasteiger partial charge in [0.2, 0.25) is 11.8 Å². The number of carbonyl (C=O) groups is 1. The fourth-order valence-corrected chi connectivity index (χ4v) is 9.68. The van der Waals surface area contributed by atoms with Crippen molar-refractivity contribution < 1.29 is 29.2 Å². The number of ether oxygens (including phenoxy) is 3. The lowest BCUT2D eigenvalue weighted by Gasteiger charge is -2.32. The van der Waals surface area contributed by atoms with Gasteiger partial charge < -0.3 is 39.6 Å². The van der Waals surface area contributed by atoms with Gasteiger partial charge in [0.15, 0.2) is 5.82 Å². The molecule has 18 nitrogen and oxygen atoms in total. The number of rotatable bonds is 13. The molecule has 1 aliphatic heterocycles. The Balaban J connectivity index is 0.738. The highest BCUT2D eigenvalue weighted by Gasteiger charge is 2.29. The summed E-state index contributed by atoms with van der Waals surface area (Å²) in [6.45, 7) is 8.24. The number of pyridine rings is 2. The molecule has 1 saturated carbocycles. The van der Waals surface area contributed by atoms with Gasteiger partial charge in [0, 0.05) is 77.6 Å². The summed E-state index contributed by atoms with van der Waals surface area (Å²) in [5, 5.41) is 29.5. The second-order valence-corrected chi connectivity index (χ2v) is 17.9. The Kier molecular flexibility index (Phi) is 12.7. The summed E-state index contributed by atoms with van der Waals surface area (Å²) in [5.74, 6) is 1.07. The van der Waals surface area contributed by atoms with Crippen molar-refractivity contribution in [2.45, 2.75) is 90.3 Å². The van der Waals surface area contributed by atoms with Crippen molar-refractivity contribution in [2.24, 2.45) is 5.92 Å². The minimum Gasteiger partial charge on any atom is -0.508 e. The number of benzene rings is 2. The monoisotopic (exact) mass is 912 g/mol.